The maximum Gasteiger partial charge on any atom is 0.123 e. The van der Waals surface area contributed by atoms with Gasteiger partial charge in [-0.05, 0) is 37.5 Å². The van der Waals surface area contributed by atoms with Crippen LogP contribution < -0.4 is 4.74 Å². The number of hydrogen-bond donors (Lipinski definition) is 0. The van der Waals surface area contributed by atoms with E-state index >= 15 is 0 Å². The van der Waals surface area contributed by atoms with Crippen LogP contribution in [0.1, 0.15) is 40.9 Å². The molecular weight excluding hydrogens is 312 g/mol. The van der Waals surface area contributed by atoms with Gasteiger partial charge >= 0.3 is 0 Å². The lowest BCUT2D eigenvalue weighted by Crippen LogP contribution is -2.02. The van der Waals surface area contributed by atoms with Gasteiger partial charge in [0.15, 0.2) is 0 Å². The Bertz CT molecular complexity index is 577. The van der Waals surface area contributed by atoms with Gasteiger partial charge in [0.05, 0.1) is 11.4 Å². The van der Waals surface area contributed by atoms with E-state index in [1.54, 1.807) is 0 Å². The van der Waals surface area contributed by atoms with E-state index in [9.17, 15) is 0 Å². The first-order valence-corrected chi connectivity index (χ1v) is 8.04. The van der Waals surface area contributed by atoms with E-state index in [0.717, 1.165) is 12.2 Å². The average Bonchev–Trinajstić information content (AvgIpc) is 2.48. The molecule has 2 rings (SSSR count). The fraction of sp³-hybridized carbons (Fsp3) is 0.333. The van der Waals surface area contributed by atoms with E-state index in [4.69, 9.17) is 4.74 Å². The van der Waals surface area contributed by atoms with E-state index in [1.807, 2.05) is 6.92 Å². The smallest absolute Gasteiger partial charge is 0.123 e. The van der Waals surface area contributed by atoms with Crippen molar-refractivity contribution in [3.63, 3.8) is 0 Å². The molecule has 0 radical (unpaired) electrons. The fourth-order valence-corrected chi connectivity index (χ4v) is 3.23. The quantitative estimate of drug-likeness (QED) is 0.662. The zero-order valence-corrected chi connectivity index (χ0v) is 13.9. The summed E-state index contributed by atoms with van der Waals surface area (Å²) >= 11 is 3.86. The maximum absolute atomic E-state index is 5.78. The number of aryl methyl sites for hydroxylation is 2. The highest BCUT2D eigenvalue weighted by atomic mass is 79.9. The lowest BCUT2D eigenvalue weighted by Gasteiger charge is -2.18. The average molecular weight is 333 g/mol. The fourth-order valence-electron chi connectivity index (χ4n) is 2.42. The summed E-state index contributed by atoms with van der Waals surface area (Å²) in [5.74, 6) is 0.964. The molecule has 1 unspecified atom stereocenters. The zero-order valence-electron chi connectivity index (χ0n) is 12.3. The van der Waals surface area contributed by atoms with E-state index in [2.05, 4.69) is 72.2 Å². The van der Waals surface area contributed by atoms with E-state index < -0.39 is 0 Å². The third-order valence-corrected chi connectivity index (χ3v) is 4.43. The van der Waals surface area contributed by atoms with Gasteiger partial charge in [0.2, 0.25) is 0 Å². The van der Waals surface area contributed by atoms with Gasteiger partial charge in [-0.1, -0.05) is 64.8 Å². The van der Waals surface area contributed by atoms with Crippen molar-refractivity contribution in [2.24, 2.45) is 0 Å². The molecule has 1 nitrogen and oxygen atoms in total. The standard InChI is InChI=1S/C18H21BrO/c1-4-14-8-6-7-9-15(14)18(19)16-12-13(3)10-11-17(16)20-5-2/h6-12,18H,4-5H2,1-3H3. The molecule has 2 heteroatoms. The number of alkyl halides is 1. The van der Waals surface area contributed by atoms with Gasteiger partial charge in [0, 0.05) is 5.56 Å². The van der Waals surface area contributed by atoms with Crippen LogP contribution >= 0.6 is 15.9 Å². The number of benzene rings is 2. The molecule has 0 saturated carbocycles. The Kier molecular flexibility index (Phi) is 5.24. The first-order chi connectivity index (χ1) is 9.67. The molecule has 0 aliphatic rings. The summed E-state index contributed by atoms with van der Waals surface area (Å²) in [7, 11) is 0. The molecule has 0 spiro atoms. The minimum atomic E-state index is 0.167. The first-order valence-electron chi connectivity index (χ1n) is 7.12. The Morgan fingerprint density at radius 2 is 1.80 bits per heavy atom. The molecule has 2 aromatic carbocycles. The first kappa shape index (κ1) is 15.1. The SMILES string of the molecule is CCOc1ccc(C)cc1C(Br)c1ccccc1CC. The maximum atomic E-state index is 5.78. The van der Waals surface area contributed by atoms with Crippen molar-refractivity contribution in [1.29, 1.82) is 0 Å². The lowest BCUT2D eigenvalue weighted by molar-refractivity contribution is 0.337. The Balaban J connectivity index is 2.46. The van der Waals surface area contributed by atoms with Gasteiger partial charge in [0.1, 0.15) is 5.75 Å². The molecule has 0 N–H and O–H groups in total. The van der Waals surface area contributed by atoms with Gasteiger partial charge in [-0.3, -0.25) is 0 Å². The molecule has 0 aromatic heterocycles. The number of ether oxygens (including phenoxy) is 1. The van der Waals surface area contributed by atoms with E-state index in [1.165, 1.54) is 22.3 Å². The van der Waals surface area contributed by atoms with Crippen LogP contribution in [-0.4, -0.2) is 6.61 Å². The summed E-state index contributed by atoms with van der Waals surface area (Å²) in [4.78, 5) is 0.167. The molecule has 0 bridgehead atoms. The highest BCUT2D eigenvalue weighted by molar-refractivity contribution is 9.09. The minimum absolute atomic E-state index is 0.167. The second kappa shape index (κ2) is 6.94. The van der Waals surface area contributed by atoms with Crippen molar-refractivity contribution in [2.75, 3.05) is 6.61 Å². The molecule has 0 amide bonds. The summed E-state index contributed by atoms with van der Waals surface area (Å²) in [6, 6.07) is 14.9. The summed E-state index contributed by atoms with van der Waals surface area (Å²) in [6.07, 6.45) is 1.04. The molecule has 0 aliphatic carbocycles. The van der Waals surface area contributed by atoms with Crippen LogP contribution in [0.25, 0.3) is 0 Å². The van der Waals surface area contributed by atoms with Crippen LogP contribution in [0, 0.1) is 6.92 Å². The van der Waals surface area contributed by atoms with Gasteiger partial charge in [-0.15, -0.1) is 0 Å². The van der Waals surface area contributed by atoms with Crippen molar-refractivity contribution in [3.05, 3.63) is 64.7 Å². The molecule has 0 saturated heterocycles. The molecule has 106 valence electrons. The van der Waals surface area contributed by atoms with Crippen molar-refractivity contribution in [3.8, 4) is 5.75 Å². The summed E-state index contributed by atoms with van der Waals surface area (Å²) in [5, 5.41) is 0. The topological polar surface area (TPSA) is 9.23 Å². The molecule has 0 fully saturated rings. The lowest BCUT2D eigenvalue weighted by atomic mass is 9.96. The normalized spacial score (nSPS) is 12.2. The summed E-state index contributed by atoms with van der Waals surface area (Å²) < 4.78 is 5.78. The van der Waals surface area contributed by atoms with Crippen molar-refractivity contribution in [1.82, 2.24) is 0 Å². The number of rotatable bonds is 5. The van der Waals surface area contributed by atoms with Crippen molar-refractivity contribution < 1.29 is 4.74 Å². The van der Waals surface area contributed by atoms with E-state index in [-0.39, 0.29) is 4.83 Å². The molecular formula is C18H21BrO. The molecule has 1 atom stereocenters. The Labute approximate surface area is 130 Å². The van der Waals surface area contributed by atoms with E-state index in [0.29, 0.717) is 6.61 Å². The monoisotopic (exact) mass is 332 g/mol. The highest BCUT2D eigenvalue weighted by Gasteiger charge is 2.17. The second-order valence-corrected chi connectivity index (χ2v) is 5.80. The van der Waals surface area contributed by atoms with Crippen molar-refractivity contribution >= 4 is 15.9 Å². The van der Waals surface area contributed by atoms with Crippen molar-refractivity contribution in [2.45, 2.75) is 32.0 Å². The predicted molar refractivity (Wildman–Crippen MR) is 88.9 cm³/mol. The minimum Gasteiger partial charge on any atom is -0.494 e. The molecule has 0 heterocycles. The summed E-state index contributed by atoms with van der Waals surface area (Å²) in [5.41, 5.74) is 5.15. The zero-order chi connectivity index (χ0) is 14.5. The predicted octanol–water partition coefficient (Wildman–Crippen LogP) is 5.44. The largest absolute Gasteiger partial charge is 0.494 e. The molecule has 20 heavy (non-hydrogen) atoms. The Hall–Kier alpha value is -1.28. The third-order valence-electron chi connectivity index (χ3n) is 3.45. The Morgan fingerprint density at radius 3 is 2.50 bits per heavy atom. The van der Waals surface area contributed by atoms with Crippen LogP contribution in [0.5, 0.6) is 5.75 Å². The van der Waals surface area contributed by atoms with Gasteiger partial charge in [-0.25, -0.2) is 0 Å². The van der Waals surface area contributed by atoms with Crippen LogP contribution in [0.2, 0.25) is 0 Å². The summed E-state index contributed by atoms with van der Waals surface area (Å²) in [6.45, 7) is 7.01. The number of hydrogen-bond acceptors (Lipinski definition) is 1. The third kappa shape index (κ3) is 3.24. The van der Waals surface area contributed by atoms with Crippen LogP contribution in [0.3, 0.4) is 0 Å². The van der Waals surface area contributed by atoms with Crippen LogP contribution in [-0.2, 0) is 6.42 Å². The second-order valence-electron chi connectivity index (χ2n) is 4.89. The number of halogens is 1. The van der Waals surface area contributed by atoms with Gasteiger partial charge < -0.3 is 4.74 Å². The Morgan fingerprint density at radius 1 is 1.05 bits per heavy atom. The van der Waals surface area contributed by atoms with Crippen LogP contribution in [0.4, 0.5) is 0 Å². The molecule has 2 aromatic rings. The highest BCUT2D eigenvalue weighted by Crippen LogP contribution is 2.38. The van der Waals surface area contributed by atoms with Crippen LogP contribution in [0.15, 0.2) is 42.5 Å². The van der Waals surface area contributed by atoms with Gasteiger partial charge in [0.25, 0.3) is 0 Å². The van der Waals surface area contributed by atoms with Gasteiger partial charge in [-0.2, -0.15) is 0 Å². The molecule has 0 aliphatic heterocycles.